The zero-order valence-corrected chi connectivity index (χ0v) is 17.2. The summed E-state index contributed by atoms with van der Waals surface area (Å²) in [6.07, 6.45) is 2.93. The van der Waals surface area contributed by atoms with Crippen LogP contribution in [-0.2, 0) is 48.7 Å². The van der Waals surface area contributed by atoms with E-state index < -0.39 is 0 Å². The molecule has 2 fully saturated rings. The molecule has 6 heteroatoms. The van der Waals surface area contributed by atoms with Gasteiger partial charge in [-0.3, -0.25) is 9.69 Å². The molecule has 2 aliphatic heterocycles. The molecule has 1 aromatic carbocycles. The van der Waals surface area contributed by atoms with Crippen molar-refractivity contribution < 1.29 is 42.3 Å². The van der Waals surface area contributed by atoms with E-state index in [-0.39, 0.29) is 38.6 Å². The van der Waals surface area contributed by atoms with Crippen molar-refractivity contribution in [2.45, 2.75) is 18.9 Å². The maximum absolute atomic E-state index is 12.1. The molecular weight excluding hydrogens is 391 g/mol. The number of amides is 2. The van der Waals surface area contributed by atoms with Gasteiger partial charge in [0.05, 0.1) is 6.42 Å². The Kier molecular flexibility index (Phi) is 8.09. The molecule has 0 aliphatic carbocycles. The normalized spacial score (nSPS) is 17.8. The van der Waals surface area contributed by atoms with Crippen LogP contribution in [0.25, 0.3) is 0 Å². The Morgan fingerprint density at radius 1 is 1.08 bits per heavy atom. The van der Waals surface area contributed by atoms with Crippen molar-refractivity contribution in [1.82, 2.24) is 14.7 Å². The molecule has 2 aliphatic rings. The van der Waals surface area contributed by atoms with Crippen molar-refractivity contribution in [2.75, 3.05) is 39.3 Å². The number of benzene rings is 1. The van der Waals surface area contributed by atoms with Crippen molar-refractivity contribution in [3.63, 3.8) is 0 Å². The zero-order valence-electron chi connectivity index (χ0n) is 14.4. The summed E-state index contributed by atoms with van der Waals surface area (Å²) in [5.41, 5.74) is 1.17. The molecule has 1 aromatic rings. The van der Waals surface area contributed by atoms with Crippen molar-refractivity contribution in [3.05, 3.63) is 35.9 Å². The molecule has 2 amide bonds. The molecule has 0 atom stereocenters. The van der Waals surface area contributed by atoms with Crippen molar-refractivity contribution in [1.29, 1.82) is 0 Å². The number of carbonyl (C=O) groups is 1. The van der Waals surface area contributed by atoms with Crippen molar-refractivity contribution >= 4 is 12.3 Å². The van der Waals surface area contributed by atoms with Crippen LogP contribution in [0.2, 0.25) is 0 Å². The van der Waals surface area contributed by atoms with Gasteiger partial charge in [0.1, 0.15) is 0 Å². The number of piperazine rings is 1. The van der Waals surface area contributed by atoms with E-state index in [1.165, 1.54) is 5.56 Å². The average Bonchev–Trinajstić information content (AvgIpc) is 2.59. The van der Waals surface area contributed by atoms with Crippen LogP contribution in [-0.4, -0.2) is 72.3 Å². The maximum Gasteiger partial charge on any atom is 0.234 e. The van der Waals surface area contributed by atoms with Gasteiger partial charge in [-0.05, 0) is 5.56 Å². The number of nitrogens with zero attached hydrogens (tertiary/aromatic N) is 3. The van der Waals surface area contributed by atoms with Gasteiger partial charge in [0.15, 0.2) is 0 Å². The van der Waals surface area contributed by atoms with Crippen molar-refractivity contribution in [2.24, 2.45) is 0 Å². The minimum atomic E-state index is 0. The molecule has 0 aromatic heterocycles. The van der Waals surface area contributed by atoms with Crippen LogP contribution in [0.1, 0.15) is 12.0 Å². The second-order valence-corrected chi connectivity index (χ2v) is 6.26. The predicted octanol–water partition coefficient (Wildman–Crippen LogP) is 0.516. The Bertz CT molecular complexity index is 627. The quantitative estimate of drug-likeness (QED) is 0.534. The molecule has 0 bridgehead atoms. The number of hydrogen-bond acceptors (Lipinski definition) is 3. The molecule has 2 saturated heterocycles. The summed E-state index contributed by atoms with van der Waals surface area (Å²) in [6.45, 7) is 4.78. The molecule has 2 heterocycles. The van der Waals surface area contributed by atoms with Gasteiger partial charge >= 0.3 is 0 Å². The second kappa shape index (κ2) is 10.1. The van der Waals surface area contributed by atoms with Gasteiger partial charge in [0, 0.05) is 84.4 Å². The Morgan fingerprint density at radius 3 is 2.40 bits per heavy atom. The SMILES string of the molecule is O=[C-]N1CCN(C2CN(C(=O)CC#CCc3ccccc3)C2)CC1.[Y]. The van der Waals surface area contributed by atoms with Crippen LogP contribution in [0.3, 0.4) is 0 Å². The van der Waals surface area contributed by atoms with Gasteiger partial charge in [0.2, 0.25) is 5.91 Å². The van der Waals surface area contributed by atoms with E-state index in [9.17, 15) is 9.59 Å². The minimum Gasteiger partial charge on any atom is -0.520 e. The first-order valence-corrected chi connectivity index (χ1v) is 8.40. The molecule has 0 N–H and O–H groups in total. The summed E-state index contributed by atoms with van der Waals surface area (Å²) in [7, 11) is 0. The van der Waals surface area contributed by atoms with E-state index in [1.807, 2.05) is 41.6 Å². The molecule has 129 valence electrons. The van der Waals surface area contributed by atoms with Gasteiger partial charge in [-0.25, -0.2) is 0 Å². The summed E-state index contributed by atoms with van der Waals surface area (Å²) in [6, 6.07) is 10.5. The van der Waals surface area contributed by atoms with Gasteiger partial charge < -0.3 is 14.6 Å². The molecule has 0 unspecified atom stereocenters. The maximum atomic E-state index is 12.1. The Labute approximate surface area is 174 Å². The Balaban J connectivity index is 0.00000225. The first-order valence-electron chi connectivity index (χ1n) is 8.40. The van der Waals surface area contributed by atoms with Gasteiger partial charge in [-0.2, -0.15) is 6.41 Å². The van der Waals surface area contributed by atoms with E-state index in [2.05, 4.69) is 16.7 Å². The fourth-order valence-corrected chi connectivity index (χ4v) is 3.08. The fourth-order valence-electron chi connectivity index (χ4n) is 3.08. The molecule has 1 radical (unpaired) electrons. The summed E-state index contributed by atoms with van der Waals surface area (Å²) in [4.78, 5) is 28.6. The monoisotopic (exact) mass is 413 g/mol. The van der Waals surface area contributed by atoms with Crippen LogP contribution in [0.5, 0.6) is 0 Å². The Morgan fingerprint density at radius 2 is 1.76 bits per heavy atom. The summed E-state index contributed by atoms with van der Waals surface area (Å²) < 4.78 is 0. The molecule has 0 spiro atoms. The van der Waals surface area contributed by atoms with Gasteiger partial charge in [0.25, 0.3) is 0 Å². The zero-order chi connectivity index (χ0) is 16.8. The van der Waals surface area contributed by atoms with Crippen LogP contribution in [0, 0.1) is 11.8 Å². The summed E-state index contributed by atoms with van der Waals surface area (Å²) >= 11 is 0. The van der Waals surface area contributed by atoms with Gasteiger partial charge in [-0.1, -0.05) is 42.2 Å². The third kappa shape index (κ3) is 5.64. The standard InChI is InChI=1S/C19H22N3O2.Y/c23-16-20-10-12-21(13-11-20)18-14-22(15-18)19(24)9-5-4-8-17-6-2-1-3-7-17;/h1-3,6-7,18H,8-15H2;/q-1;. The van der Waals surface area contributed by atoms with E-state index in [0.29, 0.717) is 18.9 Å². The largest absolute Gasteiger partial charge is 0.520 e. The summed E-state index contributed by atoms with van der Waals surface area (Å²) in [5.74, 6) is 6.17. The second-order valence-electron chi connectivity index (χ2n) is 6.26. The number of likely N-dealkylation sites (tertiary alicyclic amines) is 1. The first kappa shape index (κ1) is 20.1. The minimum absolute atomic E-state index is 0. The molecule has 3 rings (SSSR count). The number of carbonyl (C=O) groups excluding carboxylic acids is 2. The smallest absolute Gasteiger partial charge is 0.234 e. The third-order valence-electron chi connectivity index (χ3n) is 4.67. The van der Waals surface area contributed by atoms with E-state index in [1.54, 1.807) is 4.90 Å². The Hall–Kier alpha value is -1.22. The predicted molar refractivity (Wildman–Crippen MR) is 91.7 cm³/mol. The number of rotatable bonds is 4. The fraction of sp³-hybridized carbons (Fsp3) is 0.474. The van der Waals surface area contributed by atoms with Crippen molar-refractivity contribution in [3.8, 4) is 11.8 Å². The third-order valence-corrected chi connectivity index (χ3v) is 4.67. The first-order chi connectivity index (χ1) is 11.8. The molecule has 5 nitrogen and oxygen atoms in total. The summed E-state index contributed by atoms with van der Waals surface area (Å²) in [5, 5.41) is 0. The molecule has 25 heavy (non-hydrogen) atoms. The van der Waals surface area contributed by atoms with Gasteiger partial charge in [-0.15, -0.1) is 0 Å². The van der Waals surface area contributed by atoms with Crippen LogP contribution in [0.15, 0.2) is 30.3 Å². The molecular formula is C19H22N3O2Y-. The van der Waals surface area contributed by atoms with E-state index in [0.717, 1.165) is 39.3 Å². The van der Waals surface area contributed by atoms with Crippen LogP contribution < -0.4 is 0 Å². The van der Waals surface area contributed by atoms with E-state index in [4.69, 9.17) is 0 Å². The molecule has 0 saturated carbocycles. The average molecular weight is 413 g/mol. The van der Waals surface area contributed by atoms with Crippen LogP contribution in [0.4, 0.5) is 0 Å². The number of hydrogen-bond donors (Lipinski definition) is 0. The topological polar surface area (TPSA) is 43.9 Å². The van der Waals surface area contributed by atoms with Crippen LogP contribution >= 0.6 is 0 Å². The van der Waals surface area contributed by atoms with E-state index >= 15 is 0 Å².